The van der Waals surface area contributed by atoms with Crippen LogP contribution in [0, 0.1) is 6.92 Å². The summed E-state index contributed by atoms with van der Waals surface area (Å²) in [7, 11) is 0. The Morgan fingerprint density at radius 2 is 1.91 bits per heavy atom. The summed E-state index contributed by atoms with van der Waals surface area (Å²) >= 11 is 0. The second-order valence-corrected chi connectivity index (χ2v) is 5.20. The van der Waals surface area contributed by atoms with Gasteiger partial charge in [-0.3, -0.25) is 9.69 Å². The van der Waals surface area contributed by atoms with Gasteiger partial charge in [0.2, 0.25) is 0 Å². The highest BCUT2D eigenvalue weighted by Crippen LogP contribution is 2.38. The summed E-state index contributed by atoms with van der Waals surface area (Å²) in [4.78, 5) is 28.9. The van der Waals surface area contributed by atoms with E-state index in [1.54, 1.807) is 18.2 Å². The molecule has 1 aliphatic heterocycles. The van der Waals surface area contributed by atoms with Gasteiger partial charge in [-0.15, -0.1) is 0 Å². The highest BCUT2D eigenvalue weighted by atomic mass is 19.4. The van der Waals surface area contributed by atoms with E-state index in [1.807, 2.05) is 0 Å². The molecule has 0 aliphatic carbocycles. The Morgan fingerprint density at radius 3 is 2.57 bits per heavy atom. The van der Waals surface area contributed by atoms with Gasteiger partial charge in [-0.1, -0.05) is 18.2 Å². The number of pyridine rings is 1. The molecule has 0 bridgehead atoms. The zero-order chi connectivity index (χ0) is 16.8. The number of benzene rings is 1. The minimum Gasteiger partial charge on any atom is -0.301 e. The van der Waals surface area contributed by atoms with Gasteiger partial charge in [0.05, 0.1) is 5.56 Å². The standard InChI is InChI=1S/C16H11F3N2O2/c1-9-6-10(16(17,18)19)7-14(20-9)21-13(8-22)11-4-2-3-5-12(11)15(21)23/h2-8,13H,1H3. The fourth-order valence-electron chi connectivity index (χ4n) is 2.66. The summed E-state index contributed by atoms with van der Waals surface area (Å²) in [6, 6.07) is 7.14. The van der Waals surface area contributed by atoms with Crippen LogP contribution in [0.2, 0.25) is 0 Å². The zero-order valence-electron chi connectivity index (χ0n) is 12.0. The molecule has 1 aliphatic rings. The first-order valence-corrected chi connectivity index (χ1v) is 6.76. The molecule has 0 saturated heterocycles. The molecular formula is C16H11F3N2O2. The van der Waals surface area contributed by atoms with Crippen LogP contribution in [0.5, 0.6) is 0 Å². The van der Waals surface area contributed by atoms with Crippen molar-refractivity contribution in [1.29, 1.82) is 0 Å². The maximum atomic E-state index is 13.0. The van der Waals surface area contributed by atoms with Crippen molar-refractivity contribution in [2.45, 2.75) is 19.1 Å². The molecule has 3 rings (SSSR count). The van der Waals surface area contributed by atoms with E-state index in [9.17, 15) is 22.8 Å². The van der Waals surface area contributed by atoms with Crippen LogP contribution in [0.3, 0.4) is 0 Å². The van der Waals surface area contributed by atoms with Gasteiger partial charge in [0, 0.05) is 11.3 Å². The summed E-state index contributed by atoms with van der Waals surface area (Å²) in [5, 5.41) is 0. The fraction of sp³-hybridized carbons (Fsp3) is 0.188. The third-order valence-electron chi connectivity index (χ3n) is 3.65. The smallest absolute Gasteiger partial charge is 0.301 e. The number of nitrogens with zero attached hydrogens (tertiary/aromatic N) is 2. The van der Waals surface area contributed by atoms with Crippen LogP contribution in [0.15, 0.2) is 36.4 Å². The number of aldehydes is 1. The van der Waals surface area contributed by atoms with Gasteiger partial charge in [-0.25, -0.2) is 4.98 Å². The van der Waals surface area contributed by atoms with E-state index in [0.717, 1.165) is 17.0 Å². The van der Waals surface area contributed by atoms with Gasteiger partial charge >= 0.3 is 6.18 Å². The van der Waals surface area contributed by atoms with Gasteiger partial charge in [-0.2, -0.15) is 13.2 Å². The van der Waals surface area contributed by atoms with Crippen molar-refractivity contribution in [2.24, 2.45) is 0 Å². The lowest BCUT2D eigenvalue weighted by Crippen LogP contribution is -2.30. The SMILES string of the molecule is Cc1cc(C(F)(F)F)cc(N2C(=O)c3ccccc3C2C=O)n1. The first-order chi connectivity index (χ1) is 10.8. The molecule has 7 heteroatoms. The minimum absolute atomic E-state index is 0.114. The van der Waals surface area contributed by atoms with Crippen molar-refractivity contribution in [2.75, 3.05) is 4.90 Å². The molecule has 1 atom stereocenters. The van der Waals surface area contributed by atoms with Crippen LogP contribution in [0.25, 0.3) is 0 Å². The first-order valence-electron chi connectivity index (χ1n) is 6.76. The number of amides is 1. The Kier molecular flexibility index (Phi) is 3.43. The van der Waals surface area contributed by atoms with Crippen LogP contribution in [-0.2, 0) is 11.0 Å². The Hall–Kier alpha value is -2.70. The molecule has 4 nitrogen and oxygen atoms in total. The lowest BCUT2D eigenvalue weighted by atomic mass is 10.1. The van der Waals surface area contributed by atoms with E-state index >= 15 is 0 Å². The monoisotopic (exact) mass is 320 g/mol. The Labute approximate surface area is 129 Å². The largest absolute Gasteiger partial charge is 0.416 e. The summed E-state index contributed by atoms with van der Waals surface area (Å²) in [5.74, 6) is -0.723. The van der Waals surface area contributed by atoms with Gasteiger partial charge in [0.15, 0.2) is 0 Å². The first kappa shape index (κ1) is 15.2. The van der Waals surface area contributed by atoms with Crippen molar-refractivity contribution in [1.82, 2.24) is 4.98 Å². The van der Waals surface area contributed by atoms with Crippen molar-refractivity contribution in [3.05, 3.63) is 58.8 Å². The summed E-state index contributed by atoms with van der Waals surface area (Å²) < 4.78 is 38.9. The molecule has 0 N–H and O–H groups in total. The molecule has 0 spiro atoms. The number of halogens is 3. The number of rotatable bonds is 2. The summed E-state index contributed by atoms with van der Waals surface area (Å²) in [6.45, 7) is 1.41. The quantitative estimate of drug-likeness (QED) is 0.798. The second-order valence-electron chi connectivity index (χ2n) is 5.20. The van der Waals surface area contributed by atoms with E-state index in [0.29, 0.717) is 17.4 Å². The molecular weight excluding hydrogens is 309 g/mol. The van der Waals surface area contributed by atoms with E-state index in [4.69, 9.17) is 0 Å². The molecule has 0 radical (unpaired) electrons. The molecule has 23 heavy (non-hydrogen) atoms. The number of anilines is 1. The van der Waals surface area contributed by atoms with Gasteiger partial charge in [-0.05, 0) is 30.7 Å². The van der Waals surface area contributed by atoms with Gasteiger partial charge in [0.25, 0.3) is 5.91 Å². The van der Waals surface area contributed by atoms with Crippen LogP contribution >= 0.6 is 0 Å². The molecule has 0 saturated carbocycles. The number of hydrogen-bond acceptors (Lipinski definition) is 3. The molecule has 1 amide bonds. The zero-order valence-corrected chi connectivity index (χ0v) is 12.0. The number of carbonyl (C=O) groups excluding carboxylic acids is 2. The van der Waals surface area contributed by atoms with E-state index < -0.39 is 23.7 Å². The lowest BCUT2D eigenvalue weighted by molar-refractivity contribution is -0.137. The molecule has 1 unspecified atom stereocenters. The molecule has 2 aromatic rings. The molecule has 1 aromatic heterocycles. The maximum Gasteiger partial charge on any atom is 0.416 e. The van der Waals surface area contributed by atoms with Crippen LogP contribution in [0.4, 0.5) is 19.0 Å². The molecule has 2 heterocycles. The highest BCUT2D eigenvalue weighted by Gasteiger charge is 2.39. The summed E-state index contributed by atoms with van der Waals surface area (Å²) in [5.41, 5.74) is -0.0394. The molecule has 1 aromatic carbocycles. The lowest BCUT2D eigenvalue weighted by Gasteiger charge is -2.21. The average molecular weight is 320 g/mol. The Balaban J connectivity index is 2.14. The third-order valence-corrected chi connectivity index (χ3v) is 3.65. The van der Waals surface area contributed by atoms with Crippen molar-refractivity contribution >= 4 is 18.0 Å². The third kappa shape index (κ3) is 2.48. The summed E-state index contributed by atoms with van der Waals surface area (Å²) in [6.07, 6.45) is -4.03. The second kappa shape index (κ2) is 5.19. The van der Waals surface area contributed by atoms with E-state index in [-0.39, 0.29) is 11.5 Å². The van der Waals surface area contributed by atoms with E-state index in [2.05, 4.69) is 4.98 Å². The highest BCUT2D eigenvalue weighted by molar-refractivity contribution is 6.13. The maximum absolute atomic E-state index is 13.0. The topological polar surface area (TPSA) is 50.3 Å². The van der Waals surface area contributed by atoms with Gasteiger partial charge < -0.3 is 4.79 Å². The number of alkyl halides is 3. The number of fused-ring (bicyclic) bond motifs is 1. The predicted octanol–water partition coefficient (Wildman–Crippen LogP) is 3.31. The van der Waals surface area contributed by atoms with Crippen molar-refractivity contribution < 1.29 is 22.8 Å². The molecule has 0 fully saturated rings. The van der Waals surface area contributed by atoms with Crippen LogP contribution < -0.4 is 4.90 Å². The number of carbonyl (C=O) groups is 2. The average Bonchev–Trinajstić information content (AvgIpc) is 2.78. The van der Waals surface area contributed by atoms with Crippen molar-refractivity contribution in [3.8, 4) is 0 Å². The predicted molar refractivity (Wildman–Crippen MR) is 76.0 cm³/mol. The minimum atomic E-state index is -4.56. The van der Waals surface area contributed by atoms with Gasteiger partial charge in [0.1, 0.15) is 18.1 Å². The van der Waals surface area contributed by atoms with Crippen LogP contribution in [0.1, 0.15) is 33.2 Å². The number of aromatic nitrogens is 1. The molecule has 118 valence electrons. The van der Waals surface area contributed by atoms with Crippen molar-refractivity contribution in [3.63, 3.8) is 0 Å². The van der Waals surface area contributed by atoms with Crippen LogP contribution in [-0.4, -0.2) is 17.2 Å². The number of aryl methyl sites for hydroxylation is 1. The Morgan fingerprint density at radius 1 is 1.22 bits per heavy atom. The van der Waals surface area contributed by atoms with E-state index in [1.165, 1.54) is 13.0 Å². The Bertz CT molecular complexity index is 802. The number of hydrogen-bond donors (Lipinski definition) is 0. The fourth-order valence-corrected chi connectivity index (χ4v) is 2.66. The normalized spacial score (nSPS) is 17.3.